The fourth-order valence-electron chi connectivity index (χ4n) is 1.20. The number of ether oxygens (including phenoxy) is 1. The van der Waals surface area contributed by atoms with Crippen LogP contribution in [0, 0.1) is 0 Å². The van der Waals surface area contributed by atoms with E-state index >= 15 is 0 Å². The molecule has 80 valence electrons. The lowest BCUT2D eigenvalue weighted by Crippen LogP contribution is -2.32. The second-order valence-corrected chi connectivity index (χ2v) is 3.58. The van der Waals surface area contributed by atoms with Gasteiger partial charge < -0.3 is 14.5 Å². The molecule has 0 atom stereocenters. The Morgan fingerprint density at radius 2 is 1.77 bits per heavy atom. The van der Waals surface area contributed by atoms with E-state index in [-0.39, 0.29) is 0 Å². The van der Waals surface area contributed by atoms with Gasteiger partial charge in [-0.15, -0.1) is 0 Å². The van der Waals surface area contributed by atoms with E-state index < -0.39 is 0 Å². The average Bonchev–Trinajstić information content (AvgIpc) is 2.10. The molecular formula is C10H24N2O. The first-order valence-electron chi connectivity index (χ1n) is 5.06. The number of hydrogen-bond acceptors (Lipinski definition) is 3. The SMILES string of the molecule is CCN(CCCOC)CCN(C)C. The summed E-state index contributed by atoms with van der Waals surface area (Å²) in [6.45, 7) is 7.67. The molecule has 0 saturated heterocycles. The minimum atomic E-state index is 0.873. The van der Waals surface area contributed by atoms with Gasteiger partial charge in [0.2, 0.25) is 0 Å². The van der Waals surface area contributed by atoms with E-state index in [0.717, 1.165) is 39.2 Å². The van der Waals surface area contributed by atoms with Crippen molar-refractivity contribution in [2.45, 2.75) is 13.3 Å². The molecule has 0 spiro atoms. The minimum Gasteiger partial charge on any atom is -0.385 e. The highest BCUT2D eigenvalue weighted by Gasteiger charge is 2.01. The molecule has 0 aromatic rings. The third kappa shape index (κ3) is 8.22. The molecule has 0 N–H and O–H groups in total. The van der Waals surface area contributed by atoms with Crippen molar-refractivity contribution in [1.82, 2.24) is 9.80 Å². The van der Waals surface area contributed by atoms with Crippen LogP contribution in [0.3, 0.4) is 0 Å². The van der Waals surface area contributed by atoms with Gasteiger partial charge in [-0.05, 0) is 27.1 Å². The number of rotatable bonds is 8. The van der Waals surface area contributed by atoms with Gasteiger partial charge in [0.15, 0.2) is 0 Å². The summed E-state index contributed by atoms with van der Waals surface area (Å²) in [6.07, 6.45) is 1.14. The van der Waals surface area contributed by atoms with Crippen molar-refractivity contribution in [3.05, 3.63) is 0 Å². The van der Waals surface area contributed by atoms with Crippen LogP contribution in [-0.4, -0.2) is 63.8 Å². The second kappa shape index (κ2) is 8.48. The van der Waals surface area contributed by atoms with Crippen LogP contribution in [0.1, 0.15) is 13.3 Å². The molecule has 0 unspecified atom stereocenters. The van der Waals surface area contributed by atoms with Crippen LogP contribution in [0.4, 0.5) is 0 Å². The first-order valence-corrected chi connectivity index (χ1v) is 5.06. The second-order valence-electron chi connectivity index (χ2n) is 3.58. The lowest BCUT2D eigenvalue weighted by atomic mass is 10.3. The van der Waals surface area contributed by atoms with E-state index in [1.54, 1.807) is 7.11 Å². The Kier molecular flexibility index (Phi) is 8.40. The Balaban J connectivity index is 3.39. The van der Waals surface area contributed by atoms with Crippen molar-refractivity contribution >= 4 is 0 Å². The van der Waals surface area contributed by atoms with E-state index in [0.29, 0.717) is 0 Å². The number of likely N-dealkylation sites (N-methyl/N-ethyl adjacent to an activating group) is 2. The Bertz CT molecular complexity index is 107. The van der Waals surface area contributed by atoms with Crippen LogP contribution in [0.2, 0.25) is 0 Å². The van der Waals surface area contributed by atoms with Crippen molar-refractivity contribution in [2.24, 2.45) is 0 Å². The van der Waals surface area contributed by atoms with Gasteiger partial charge in [0.1, 0.15) is 0 Å². The molecule has 3 nitrogen and oxygen atoms in total. The zero-order chi connectivity index (χ0) is 10.1. The Hall–Kier alpha value is -0.120. The van der Waals surface area contributed by atoms with Crippen molar-refractivity contribution in [1.29, 1.82) is 0 Å². The summed E-state index contributed by atoms with van der Waals surface area (Å²) >= 11 is 0. The third-order valence-electron chi connectivity index (χ3n) is 2.13. The van der Waals surface area contributed by atoms with Crippen LogP contribution in [0.5, 0.6) is 0 Å². The number of methoxy groups -OCH3 is 1. The van der Waals surface area contributed by atoms with Gasteiger partial charge in [-0.25, -0.2) is 0 Å². The molecule has 13 heavy (non-hydrogen) atoms. The molecule has 0 aliphatic carbocycles. The normalized spacial score (nSPS) is 11.5. The molecule has 0 rings (SSSR count). The summed E-state index contributed by atoms with van der Waals surface area (Å²) in [5, 5.41) is 0. The molecule has 3 heteroatoms. The summed E-state index contributed by atoms with van der Waals surface area (Å²) in [5.74, 6) is 0. The molecule has 0 aromatic carbocycles. The Morgan fingerprint density at radius 3 is 2.23 bits per heavy atom. The fourth-order valence-corrected chi connectivity index (χ4v) is 1.20. The average molecular weight is 188 g/mol. The standard InChI is InChI=1S/C10H24N2O/c1-5-12(7-6-10-13-4)9-8-11(2)3/h5-10H2,1-4H3. The van der Waals surface area contributed by atoms with Crippen molar-refractivity contribution < 1.29 is 4.74 Å². The smallest absolute Gasteiger partial charge is 0.0474 e. The van der Waals surface area contributed by atoms with E-state index in [1.807, 2.05) is 0 Å². The van der Waals surface area contributed by atoms with E-state index in [2.05, 4.69) is 30.8 Å². The van der Waals surface area contributed by atoms with Gasteiger partial charge in [0, 0.05) is 33.4 Å². The maximum absolute atomic E-state index is 5.03. The van der Waals surface area contributed by atoms with Gasteiger partial charge in [-0.3, -0.25) is 0 Å². The van der Waals surface area contributed by atoms with Gasteiger partial charge in [0.05, 0.1) is 0 Å². The summed E-state index contributed by atoms with van der Waals surface area (Å²) < 4.78 is 5.03. The van der Waals surface area contributed by atoms with Crippen molar-refractivity contribution in [3.8, 4) is 0 Å². The molecule has 0 amide bonds. The molecule has 0 heterocycles. The first kappa shape index (κ1) is 12.9. The zero-order valence-corrected chi connectivity index (χ0v) is 9.55. The molecular weight excluding hydrogens is 164 g/mol. The third-order valence-corrected chi connectivity index (χ3v) is 2.13. The Morgan fingerprint density at radius 1 is 1.08 bits per heavy atom. The fraction of sp³-hybridized carbons (Fsp3) is 1.00. The predicted octanol–water partition coefficient (Wildman–Crippen LogP) is 0.906. The Labute approximate surface area is 82.7 Å². The van der Waals surface area contributed by atoms with Crippen molar-refractivity contribution in [2.75, 3.05) is 54.0 Å². The van der Waals surface area contributed by atoms with Gasteiger partial charge >= 0.3 is 0 Å². The lowest BCUT2D eigenvalue weighted by molar-refractivity contribution is 0.169. The molecule has 0 aromatic heterocycles. The molecule has 0 aliphatic heterocycles. The highest BCUT2D eigenvalue weighted by atomic mass is 16.5. The lowest BCUT2D eigenvalue weighted by Gasteiger charge is -2.22. The van der Waals surface area contributed by atoms with E-state index in [9.17, 15) is 0 Å². The van der Waals surface area contributed by atoms with Gasteiger partial charge in [0.25, 0.3) is 0 Å². The monoisotopic (exact) mass is 188 g/mol. The minimum absolute atomic E-state index is 0.873. The molecule has 0 saturated carbocycles. The summed E-state index contributed by atoms with van der Waals surface area (Å²) in [6, 6.07) is 0. The van der Waals surface area contributed by atoms with Crippen molar-refractivity contribution in [3.63, 3.8) is 0 Å². The highest BCUT2D eigenvalue weighted by Crippen LogP contribution is 1.92. The quantitative estimate of drug-likeness (QED) is 0.527. The number of nitrogens with zero attached hydrogens (tertiary/aromatic N) is 2. The summed E-state index contributed by atoms with van der Waals surface area (Å²) in [4.78, 5) is 4.68. The van der Waals surface area contributed by atoms with Gasteiger partial charge in [-0.2, -0.15) is 0 Å². The van der Waals surface area contributed by atoms with E-state index in [4.69, 9.17) is 4.74 Å². The maximum atomic E-state index is 5.03. The molecule has 0 fully saturated rings. The highest BCUT2D eigenvalue weighted by molar-refractivity contribution is 4.57. The van der Waals surface area contributed by atoms with Crippen LogP contribution < -0.4 is 0 Å². The van der Waals surface area contributed by atoms with Crippen LogP contribution in [0.25, 0.3) is 0 Å². The zero-order valence-electron chi connectivity index (χ0n) is 9.55. The predicted molar refractivity (Wildman–Crippen MR) is 57.2 cm³/mol. The molecule has 0 bridgehead atoms. The first-order chi connectivity index (χ1) is 6.20. The summed E-state index contributed by atoms with van der Waals surface area (Å²) in [7, 11) is 5.99. The molecule has 0 radical (unpaired) electrons. The van der Waals surface area contributed by atoms with Gasteiger partial charge in [-0.1, -0.05) is 6.92 Å². The van der Waals surface area contributed by atoms with Crippen LogP contribution in [0.15, 0.2) is 0 Å². The maximum Gasteiger partial charge on any atom is 0.0474 e. The number of hydrogen-bond donors (Lipinski definition) is 0. The van der Waals surface area contributed by atoms with Crippen LogP contribution in [-0.2, 0) is 4.74 Å². The van der Waals surface area contributed by atoms with Crippen LogP contribution >= 0.6 is 0 Å². The largest absolute Gasteiger partial charge is 0.385 e. The summed E-state index contributed by atoms with van der Waals surface area (Å²) in [5.41, 5.74) is 0. The molecule has 0 aliphatic rings. The topological polar surface area (TPSA) is 15.7 Å². The van der Waals surface area contributed by atoms with E-state index in [1.165, 1.54) is 0 Å².